The maximum Gasteiger partial charge on any atom is 0.132 e. The van der Waals surface area contributed by atoms with Gasteiger partial charge in [-0.25, -0.2) is 14.4 Å². The van der Waals surface area contributed by atoms with Crippen molar-refractivity contribution < 1.29 is 4.39 Å². The minimum absolute atomic E-state index is 0.0161. The number of pyridine rings is 1. The number of nitrogens with two attached hydrogens (primary N) is 1. The van der Waals surface area contributed by atoms with E-state index in [0.717, 1.165) is 22.6 Å². The first-order valence-corrected chi connectivity index (χ1v) is 8.67. The molecule has 1 aromatic carbocycles. The van der Waals surface area contributed by atoms with Crippen molar-refractivity contribution in [3.05, 3.63) is 71.5 Å². The zero-order valence-corrected chi connectivity index (χ0v) is 14.6. The molecule has 0 bridgehead atoms. The van der Waals surface area contributed by atoms with Crippen molar-refractivity contribution in [1.82, 2.24) is 15.0 Å². The summed E-state index contributed by atoms with van der Waals surface area (Å²) in [5.41, 5.74) is 9.02. The Hall–Kier alpha value is -2.57. The van der Waals surface area contributed by atoms with E-state index in [9.17, 15) is 4.39 Å². The molecule has 0 spiro atoms. The zero-order valence-electron chi connectivity index (χ0n) is 13.9. The van der Waals surface area contributed by atoms with Crippen molar-refractivity contribution in [1.29, 1.82) is 0 Å². The topological polar surface area (TPSA) is 67.9 Å². The van der Waals surface area contributed by atoms with E-state index in [1.165, 1.54) is 12.1 Å². The highest BCUT2D eigenvalue weighted by Crippen LogP contribution is 2.34. The molecule has 1 aliphatic rings. The van der Waals surface area contributed by atoms with Gasteiger partial charge in [0.25, 0.3) is 0 Å². The molecule has 26 heavy (non-hydrogen) atoms. The van der Waals surface area contributed by atoms with Crippen molar-refractivity contribution in [3.63, 3.8) is 0 Å². The Bertz CT molecular complexity index is 921. The van der Waals surface area contributed by atoms with Gasteiger partial charge in [-0.3, -0.25) is 4.98 Å². The fourth-order valence-electron chi connectivity index (χ4n) is 3.35. The summed E-state index contributed by atoms with van der Waals surface area (Å²) in [6.07, 6.45) is 5.01. The average Bonchev–Trinajstić information content (AvgIpc) is 3.04. The molecule has 2 atom stereocenters. The highest BCUT2D eigenvalue weighted by Gasteiger charge is 2.33. The Kier molecular flexibility index (Phi) is 4.53. The lowest BCUT2D eigenvalue weighted by Crippen LogP contribution is -2.29. The van der Waals surface area contributed by atoms with Gasteiger partial charge in [-0.1, -0.05) is 17.7 Å². The predicted octanol–water partition coefficient (Wildman–Crippen LogP) is 3.26. The third kappa shape index (κ3) is 3.25. The number of anilines is 1. The number of nitrogens with zero attached hydrogens (tertiary/aromatic N) is 4. The zero-order chi connectivity index (χ0) is 18.1. The quantitative estimate of drug-likeness (QED) is 0.767. The highest BCUT2D eigenvalue weighted by atomic mass is 35.5. The Morgan fingerprint density at radius 1 is 1.08 bits per heavy atom. The molecular weight excluding hydrogens is 353 g/mol. The van der Waals surface area contributed by atoms with Crippen molar-refractivity contribution in [2.45, 2.75) is 12.0 Å². The van der Waals surface area contributed by atoms with E-state index in [-0.39, 0.29) is 17.8 Å². The van der Waals surface area contributed by atoms with E-state index in [1.54, 1.807) is 24.8 Å². The average molecular weight is 370 g/mol. The van der Waals surface area contributed by atoms with E-state index in [4.69, 9.17) is 17.3 Å². The summed E-state index contributed by atoms with van der Waals surface area (Å²) in [6.45, 7) is 1.31. The van der Waals surface area contributed by atoms with Crippen LogP contribution in [0.5, 0.6) is 0 Å². The minimum Gasteiger partial charge on any atom is -0.354 e. The van der Waals surface area contributed by atoms with Gasteiger partial charge < -0.3 is 10.6 Å². The molecule has 2 N–H and O–H groups in total. The predicted molar refractivity (Wildman–Crippen MR) is 99.6 cm³/mol. The second-order valence-corrected chi connectivity index (χ2v) is 6.75. The summed E-state index contributed by atoms with van der Waals surface area (Å²) in [5.74, 6) is 0.477. The van der Waals surface area contributed by atoms with Gasteiger partial charge in [-0.2, -0.15) is 0 Å². The van der Waals surface area contributed by atoms with Gasteiger partial charge in [0.2, 0.25) is 0 Å². The van der Waals surface area contributed by atoms with Crippen LogP contribution in [0.25, 0.3) is 11.3 Å². The van der Waals surface area contributed by atoms with Crippen molar-refractivity contribution in [3.8, 4) is 11.3 Å². The van der Waals surface area contributed by atoms with Crippen LogP contribution in [-0.4, -0.2) is 34.1 Å². The Morgan fingerprint density at radius 2 is 1.88 bits per heavy atom. The van der Waals surface area contributed by atoms with Gasteiger partial charge in [0.05, 0.1) is 5.69 Å². The molecule has 1 saturated heterocycles. The molecule has 2 unspecified atom stereocenters. The van der Waals surface area contributed by atoms with Gasteiger partial charge in [0, 0.05) is 54.1 Å². The number of rotatable bonds is 3. The summed E-state index contributed by atoms with van der Waals surface area (Å²) in [7, 11) is 0. The van der Waals surface area contributed by atoms with Crippen LogP contribution in [0.3, 0.4) is 0 Å². The molecular formula is C19H17ClFN5. The number of hydrogen-bond acceptors (Lipinski definition) is 5. The second kappa shape index (κ2) is 6.97. The molecule has 5 nitrogen and oxygen atoms in total. The first-order chi connectivity index (χ1) is 12.6. The van der Waals surface area contributed by atoms with Gasteiger partial charge in [-0.15, -0.1) is 0 Å². The van der Waals surface area contributed by atoms with Crippen LogP contribution in [0.1, 0.15) is 11.5 Å². The SMILES string of the molecule is NC1CN(c2cc(-c3ccncc3)ncn2)CC1c1ccc(F)cc1Cl. The lowest BCUT2D eigenvalue weighted by atomic mass is 9.95. The molecule has 0 amide bonds. The van der Waals surface area contributed by atoms with E-state index >= 15 is 0 Å². The minimum atomic E-state index is -0.347. The van der Waals surface area contributed by atoms with Crippen molar-refractivity contribution in [2.75, 3.05) is 18.0 Å². The molecule has 7 heteroatoms. The third-order valence-corrected chi connectivity index (χ3v) is 5.01. The fraction of sp³-hybridized carbons (Fsp3) is 0.211. The molecule has 0 radical (unpaired) electrons. The van der Waals surface area contributed by atoms with Gasteiger partial charge in [0.15, 0.2) is 0 Å². The monoisotopic (exact) mass is 369 g/mol. The molecule has 1 aliphatic heterocycles. The highest BCUT2D eigenvalue weighted by molar-refractivity contribution is 6.31. The Labute approximate surface area is 155 Å². The summed E-state index contributed by atoms with van der Waals surface area (Å²) in [5, 5.41) is 0.410. The first kappa shape index (κ1) is 16.9. The van der Waals surface area contributed by atoms with E-state index in [1.807, 2.05) is 18.2 Å². The van der Waals surface area contributed by atoms with Crippen LogP contribution in [0.15, 0.2) is 55.1 Å². The van der Waals surface area contributed by atoms with E-state index < -0.39 is 0 Å². The maximum atomic E-state index is 13.3. The number of aromatic nitrogens is 3. The fourth-order valence-corrected chi connectivity index (χ4v) is 3.66. The molecule has 4 rings (SSSR count). The third-order valence-electron chi connectivity index (χ3n) is 4.68. The van der Waals surface area contributed by atoms with Gasteiger partial charge >= 0.3 is 0 Å². The molecule has 2 aromatic heterocycles. The number of hydrogen-bond donors (Lipinski definition) is 1. The van der Waals surface area contributed by atoms with E-state index in [0.29, 0.717) is 18.1 Å². The number of benzene rings is 1. The van der Waals surface area contributed by atoms with E-state index in [2.05, 4.69) is 19.9 Å². The van der Waals surface area contributed by atoms with Crippen LogP contribution >= 0.6 is 11.6 Å². The summed E-state index contributed by atoms with van der Waals surface area (Å²) < 4.78 is 13.3. The molecule has 0 saturated carbocycles. The smallest absolute Gasteiger partial charge is 0.132 e. The van der Waals surface area contributed by atoms with Crippen LogP contribution in [-0.2, 0) is 0 Å². The first-order valence-electron chi connectivity index (χ1n) is 8.30. The van der Waals surface area contributed by atoms with Crippen LogP contribution in [0.2, 0.25) is 5.02 Å². The summed E-state index contributed by atoms with van der Waals surface area (Å²) in [4.78, 5) is 14.9. The van der Waals surface area contributed by atoms with Gasteiger partial charge in [0.1, 0.15) is 18.0 Å². The Morgan fingerprint density at radius 3 is 2.65 bits per heavy atom. The summed E-state index contributed by atoms with van der Waals surface area (Å²) >= 11 is 6.23. The molecule has 132 valence electrons. The molecule has 3 aromatic rings. The lowest BCUT2D eigenvalue weighted by Gasteiger charge is -2.18. The van der Waals surface area contributed by atoms with Crippen molar-refractivity contribution in [2.24, 2.45) is 5.73 Å². The Balaban J connectivity index is 1.60. The summed E-state index contributed by atoms with van der Waals surface area (Å²) in [6, 6.07) is 10.1. The van der Waals surface area contributed by atoms with Crippen LogP contribution < -0.4 is 10.6 Å². The second-order valence-electron chi connectivity index (χ2n) is 6.34. The van der Waals surface area contributed by atoms with Crippen LogP contribution in [0.4, 0.5) is 10.2 Å². The normalized spacial score (nSPS) is 19.7. The molecule has 3 heterocycles. The largest absolute Gasteiger partial charge is 0.354 e. The molecule has 1 fully saturated rings. The van der Waals surface area contributed by atoms with Crippen LogP contribution in [0, 0.1) is 5.82 Å². The number of halogens is 2. The standard InChI is InChI=1S/C19H17ClFN5/c20-16-7-13(21)1-2-14(16)15-9-26(10-17(15)22)19-8-18(24-11-25-19)12-3-5-23-6-4-12/h1-8,11,15,17H,9-10,22H2. The van der Waals surface area contributed by atoms with Crippen molar-refractivity contribution >= 4 is 17.4 Å². The van der Waals surface area contributed by atoms with Gasteiger partial charge in [-0.05, 0) is 29.8 Å². The molecule has 0 aliphatic carbocycles. The maximum absolute atomic E-state index is 13.3. The lowest BCUT2D eigenvalue weighted by molar-refractivity contribution is 0.620.